The van der Waals surface area contributed by atoms with Gasteiger partial charge in [-0.15, -0.1) is 0 Å². The van der Waals surface area contributed by atoms with Gasteiger partial charge in [-0.05, 0) is 37.3 Å². The first kappa shape index (κ1) is 16.3. The molecule has 0 bridgehead atoms. The third-order valence-electron chi connectivity index (χ3n) is 4.01. The molecule has 0 radical (unpaired) electrons. The highest BCUT2D eigenvalue weighted by Gasteiger charge is 2.22. The van der Waals surface area contributed by atoms with Crippen LogP contribution < -0.4 is 10.0 Å². The lowest BCUT2D eigenvalue weighted by Crippen LogP contribution is -2.29. The summed E-state index contributed by atoms with van der Waals surface area (Å²) in [5.74, 6) is 0.707. The van der Waals surface area contributed by atoms with Crippen molar-refractivity contribution < 1.29 is 8.42 Å². The molecule has 2 atom stereocenters. The molecular weight excluding hydrogens is 284 g/mol. The van der Waals surface area contributed by atoms with Crippen LogP contribution in [0.1, 0.15) is 46.0 Å². The standard InChI is InChI=1S/C16H26N2O2S/c1-3-11-17-21(19,20)16-10-5-4-9-15(16)18-14-8-6-7-13(2)12-14/h4-5,9-10,13-14,17-18H,3,6-8,11-12H2,1-2H3. The van der Waals surface area contributed by atoms with Crippen LogP contribution in [0.15, 0.2) is 29.2 Å². The van der Waals surface area contributed by atoms with Crippen LogP contribution in [0, 0.1) is 5.92 Å². The van der Waals surface area contributed by atoms with E-state index in [1.54, 1.807) is 12.1 Å². The number of para-hydroxylation sites is 1. The minimum Gasteiger partial charge on any atom is -0.381 e. The molecule has 1 saturated carbocycles. The number of rotatable bonds is 6. The van der Waals surface area contributed by atoms with Crippen molar-refractivity contribution in [3.8, 4) is 0 Å². The van der Waals surface area contributed by atoms with Gasteiger partial charge in [-0.2, -0.15) is 0 Å². The van der Waals surface area contributed by atoms with E-state index in [1.807, 2.05) is 19.1 Å². The fourth-order valence-corrected chi connectivity index (χ4v) is 4.22. The summed E-state index contributed by atoms with van der Waals surface area (Å²) < 4.78 is 27.4. The minimum absolute atomic E-state index is 0.358. The van der Waals surface area contributed by atoms with Crippen LogP contribution in [0.4, 0.5) is 5.69 Å². The number of benzene rings is 1. The van der Waals surface area contributed by atoms with Gasteiger partial charge in [0.15, 0.2) is 0 Å². The van der Waals surface area contributed by atoms with Gasteiger partial charge < -0.3 is 5.32 Å². The third kappa shape index (κ3) is 4.45. The topological polar surface area (TPSA) is 58.2 Å². The zero-order chi connectivity index (χ0) is 15.3. The summed E-state index contributed by atoms with van der Waals surface area (Å²) in [6.45, 7) is 4.69. The van der Waals surface area contributed by atoms with E-state index < -0.39 is 10.0 Å². The van der Waals surface area contributed by atoms with Crippen LogP contribution in [0.5, 0.6) is 0 Å². The molecule has 0 aromatic heterocycles. The Balaban J connectivity index is 2.16. The SMILES string of the molecule is CCCNS(=O)(=O)c1ccccc1NC1CCCC(C)C1. The molecule has 0 spiro atoms. The summed E-state index contributed by atoms with van der Waals surface area (Å²) in [5, 5.41) is 3.44. The monoisotopic (exact) mass is 310 g/mol. The van der Waals surface area contributed by atoms with Gasteiger partial charge in [0, 0.05) is 12.6 Å². The van der Waals surface area contributed by atoms with Crippen molar-refractivity contribution in [3.63, 3.8) is 0 Å². The molecule has 21 heavy (non-hydrogen) atoms. The van der Waals surface area contributed by atoms with Gasteiger partial charge in [0.2, 0.25) is 10.0 Å². The Morgan fingerprint density at radius 2 is 2.00 bits per heavy atom. The second-order valence-corrected chi connectivity index (χ2v) is 7.74. The van der Waals surface area contributed by atoms with Gasteiger partial charge in [-0.3, -0.25) is 0 Å². The quantitative estimate of drug-likeness (QED) is 0.847. The molecule has 2 rings (SSSR count). The Bertz CT molecular complexity index is 557. The predicted molar refractivity (Wildman–Crippen MR) is 87.0 cm³/mol. The van der Waals surface area contributed by atoms with Crippen molar-refractivity contribution in [2.75, 3.05) is 11.9 Å². The van der Waals surface area contributed by atoms with Crippen molar-refractivity contribution in [3.05, 3.63) is 24.3 Å². The molecule has 5 heteroatoms. The molecule has 0 saturated heterocycles. The minimum atomic E-state index is -3.43. The van der Waals surface area contributed by atoms with Gasteiger partial charge in [0.25, 0.3) is 0 Å². The Morgan fingerprint density at radius 3 is 2.71 bits per heavy atom. The number of anilines is 1. The molecule has 1 fully saturated rings. The van der Waals surface area contributed by atoms with E-state index >= 15 is 0 Å². The molecule has 1 aromatic rings. The predicted octanol–water partition coefficient (Wildman–Crippen LogP) is 3.37. The Morgan fingerprint density at radius 1 is 1.24 bits per heavy atom. The number of hydrogen-bond acceptors (Lipinski definition) is 3. The highest BCUT2D eigenvalue weighted by atomic mass is 32.2. The first-order chi connectivity index (χ1) is 10.0. The summed E-state index contributed by atoms with van der Waals surface area (Å²) in [4.78, 5) is 0.358. The average Bonchev–Trinajstić information content (AvgIpc) is 2.46. The summed E-state index contributed by atoms with van der Waals surface area (Å²) in [6, 6.07) is 7.56. The van der Waals surface area contributed by atoms with E-state index in [0.717, 1.165) is 24.9 Å². The summed E-state index contributed by atoms with van der Waals surface area (Å²) in [6.07, 6.45) is 5.49. The van der Waals surface area contributed by atoms with E-state index in [4.69, 9.17) is 0 Å². The van der Waals surface area contributed by atoms with Crippen molar-refractivity contribution in [2.24, 2.45) is 5.92 Å². The summed E-state index contributed by atoms with van der Waals surface area (Å²) in [7, 11) is -3.43. The maximum atomic E-state index is 12.4. The van der Waals surface area contributed by atoms with Gasteiger partial charge in [0.05, 0.1) is 5.69 Å². The van der Waals surface area contributed by atoms with Gasteiger partial charge in [0.1, 0.15) is 4.90 Å². The number of sulfonamides is 1. The van der Waals surface area contributed by atoms with E-state index in [2.05, 4.69) is 17.0 Å². The second-order valence-electron chi connectivity index (χ2n) is 6.01. The van der Waals surface area contributed by atoms with Crippen LogP contribution in [0.2, 0.25) is 0 Å². The van der Waals surface area contributed by atoms with Crippen molar-refractivity contribution in [2.45, 2.75) is 56.9 Å². The maximum Gasteiger partial charge on any atom is 0.242 e. The Kier molecular flexibility index (Phi) is 5.65. The highest BCUT2D eigenvalue weighted by molar-refractivity contribution is 7.89. The largest absolute Gasteiger partial charge is 0.381 e. The summed E-state index contributed by atoms with van der Waals surface area (Å²) >= 11 is 0. The molecule has 1 aromatic carbocycles. The molecule has 2 unspecified atom stereocenters. The normalized spacial score (nSPS) is 23.0. The van der Waals surface area contributed by atoms with Crippen LogP contribution in [-0.4, -0.2) is 21.0 Å². The zero-order valence-corrected chi connectivity index (χ0v) is 13.7. The number of nitrogens with one attached hydrogen (secondary N) is 2. The van der Waals surface area contributed by atoms with Crippen LogP contribution in [0.25, 0.3) is 0 Å². The molecule has 118 valence electrons. The fraction of sp³-hybridized carbons (Fsp3) is 0.625. The lowest BCUT2D eigenvalue weighted by molar-refractivity contribution is 0.358. The van der Waals surface area contributed by atoms with Gasteiger partial charge in [-0.1, -0.05) is 38.8 Å². The van der Waals surface area contributed by atoms with Gasteiger partial charge >= 0.3 is 0 Å². The van der Waals surface area contributed by atoms with Crippen molar-refractivity contribution in [1.82, 2.24) is 4.72 Å². The van der Waals surface area contributed by atoms with Gasteiger partial charge in [-0.25, -0.2) is 13.1 Å². The molecule has 2 N–H and O–H groups in total. The summed E-state index contributed by atoms with van der Waals surface area (Å²) in [5.41, 5.74) is 0.722. The molecule has 1 aliphatic rings. The molecule has 1 aliphatic carbocycles. The third-order valence-corrected chi connectivity index (χ3v) is 5.53. The Labute approximate surface area is 128 Å². The van der Waals surface area contributed by atoms with E-state index in [0.29, 0.717) is 23.4 Å². The van der Waals surface area contributed by atoms with Crippen LogP contribution >= 0.6 is 0 Å². The maximum absolute atomic E-state index is 12.4. The lowest BCUT2D eigenvalue weighted by Gasteiger charge is -2.29. The van der Waals surface area contributed by atoms with E-state index in [-0.39, 0.29) is 0 Å². The molecule has 4 nitrogen and oxygen atoms in total. The highest BCUT2D eigenvalue weighted by Crippen LogP contribution is 2.28. The Hall–Kier alpha value is -1.07. The molecular formula is C16H26N2O2S. The first-order valence-corrected chi connectivity index (χ1v) is 9.36. The van der Waals surface area contributed by atoms with Crippen LogP contribution in [0.3, 0.4) is 0 Å². The van der Waals surface area contributed by atoms with Crippen LogP contribution in [-0.2, 0) is 10.0 Å². The lowest BCUT2D eigenvalue weighted by atomic mass is 9.87. The smallest absolute Gasteiger partial charge is 0.242 e. The fourth-order valence-electron chi connectivity index (χ4n) is 2.92. The zero-order valence-electron chi connectivity index (χ0n) is 12.9. The van der Waals surface area contributed by atoms with Crippen molar-refractivity contribution in [1.29, 1.82) is 0 Å². The molecule has 0 aliphatic heterocycles. The first-order valence-electron chi connectivity index (χ1n) is 7.88. The average molecular weight is 310 g/mol. The number of hydrogen-bond donors (Lipinski definition) is 2. The molecule has 0 amide bonds. The van der Waals surface area contributed by atoms with E-state index in [1.165, 1.54) is 12.8 Å². The van der Waals surface area contributed by atoms with E-state index in [9.17, 15) is 8.42 Å². The molecule has 0 heterocycles. The second kappa shape index (κ2) is 7.27. The van der Waals surface area contributed by atoms with Crippen molar-refractivity contribution >= 4 is 15.7 Å².